The van der Waals surface area contributed by atoms with Gasteiger partial charge in [-0.3, -0.25) is 14.6 Å². The molecule has 1 fully saturated rings. The second-order valence-corrected chi connectivity index (χ2v) is 6.44. The SMILES string of the molecule is O=C(NCc1noc2cc(F)ccc12)C(=O)N1CCN(c2ccncc2)CC1. The van der Waals surface area contributed by atoms with E-state index in [-0.39, 0.29) is 6.54 Å². The zero-order valence-corrected chi connectivity index (χ0v) is 15.0. The van der Waals surface area contributed by atoms with E-state index in [2.05, 4.69) is 20.4 Å². The molecular formula is C19H18FN5O3. The number of halogens is 1. The molecule has 2 amide bonds. The van der Waals surface area contributed by atoms with E-state index in [1.54, 1.807) is 12.4 Å². The van der Waals surface area contributed by atoms with Crippen LogP contribution >= 0.6 is 0 Å². The first kappa shape index (κ1) is 17.9. The molecule has 0 aliphatic carbocycles. The van der Waals surface area contributed by atoms with Gasteiger partial charge in [0, 0.05) is 55.7 Å². The van der Waals surface area contributed by atoms with Gasteiger partial charge in [-0.25, -0.2) is 4.39 Å². The molecule has 1 aromatic carbocycles. The van der Waals surface area contributed by atoms with Crippen molar-refractivity contribution in [2.24, 2.45) is 0 Å². The van der Waals surface area contributed by atoms with Crippen LogP contribution in [-0.4, -0.2) is 53.0 Å². The van der Waals surface area contributed by atoms with Crippen LogP contribution in [0.2, 0.25) is 0 Å². The van der Waals surface area contributed by atoms with Crippen LogP contribution in [0.4, 0.5) is 10.1 Å². The molecule has 4 rings (SSSR count). The summed E-state index contributed by atoms with van der Waals surface area (Å²) in [6.45, 7) is 2.23. The van der Waals surface area contributed by atoms with E-state index in [9.17, 15) is 14.0 Å². The number of benzene rings is 1. The second-order valence-electron chi connectivity index (χ2n) is 6.44. The lowest BCUT2D eigenvalue weighted by Crippen LogP contribution is -2.52. The summed E-state index contributed by atoms with van der Waals surface area (Å²) >= 11 is 0. The van der Waals surface area contributed by atoms with E-state index in [1.807, 2.05) is 12.1 Å². The lowest BCUT2D eigenvalue weighted by atomic mass is 10.2. The van der Waals surface area contributed by atoms with Gasteiger partial charge in [0.2, 0.25) is 0 Å². The van der Waals surface area contributed by atoms with Crippen molar-refractivity contribution in [1.82, 2.24) is 20.4 Å². The summed E-state index contributed by atoms with van der Waals surface area (Å²) < 4.78 is 18.2. The molecule has 0 unspecified atom stereocenters. The number of rotatable bonds is 3. The Kier molecular flexibility index (Phi) is 4.88. The lowest BCUT2D eigenvalue weighted by Gasteiger charge is -2.35. The predicted molar refractivity (Wildman–Crippen MR) is 98.8 cm³/mol. The smallest absolute Gasteiger partial charge is 0.312 e. The molecule has 144 valence electrons. The van der Waals surface area contributed by atoms with Gasteiger partial charge in [0.1, 0.15) is 11.5 Å². The molecule has 0 bridgehead atoms. The molecule has 9 heteroatoms. The quantitative estimate of drug-likeness (QED) is 0.686. The summed E-state index contributed by atoms with van der Waals surface area (Å²) in [7, 11) is 0. The fraction of sp³-hybridized carbons (Fsp3) is 0.263. The minimum absolute atomic E-state index is 0.0280. The summed E-state index contributed by atoms with van der Waals surface area (Å²) in [5, 5.41) is 6.99. The summed E-state index contributed by atoms with van der Waals surface area (Å²) in [5.74, 6) is -1.70. The van der Waals surface area contributed by atoms with E-state index < -0.39 is 17.6 Å². The van der Waals surface area contributed by atoms with Gasteiger partial charge in [0.15, 0.2) is 5.58 Å². The summed E-state index contributed by atoms with van der Waals surface area (Å²) in [4.78, 5) is 32.3. The number of piperazine rings is 1. The fourth-order valence-electron chi connectivity index (χ4n) is 3.20. The summed E-state index contributed by atoms with van der Waals surface area (Å²) in [6.07, 6.45) is 3.45. The molecule has 3 aromatic rings. The minimum Gasteiger partial charge on any atom is -0.368 e. The maximum absolute atomic E-state index is 13.2. The van der Waals surface area contributed by atoms with E-state index in [0.717, 1.165) is 5.69 Å². The first-order valence-electron chi connectivity index (χ1n) is 8.88. The van der Waals surface area contributed by atoms with Crippen molar-refractivity contribution in [1.29, 1.82) is 0 Å². The number of hydrogen-bond donors (Lipinski definition) is 1. The topological polar surface area (TPSA) is 91.6 Å². The highest BCUT2D eigenvalue weighted by atomic mass is 19.1. The van der Waals surface area contributed by atoms with E-state index >= 15 is 0 Å². The Hall–Kier alpha value is -3.49. The molecule has 1 N–H and O–H groups in total. The zero-order valence-electron chi connectivity index (χ0n) is 15.0. The van der Waals surface area contributed by atoms with Gasteiger partial charge in [0.05, 0.1) is 6.54 Å². The van der Waals surface area contributed by atoms with Crippen molar-refractivity contribution >= 4 is 28.5 Å². The van der Waals surface area contributed by atoms with Gasteiger partial charge in [-0.2, -0.15) is 0 Å². The standard InChI is InChI=1S/C19H18FN5O3/c20-13-1-2-15-16(23-28-17(15)11-13)12-22-18(26)19(27)25-9-7-24(8-10-25)14-3-5-21-6-4-14/h1-6,11H,7-10,12H2,(H,22,26). The van der Waals surface area contributed by atoms with Crippen LogP contribution in [0.5, 0.6) is 0 Å². The zero-order chi connectivity index (χ0) is 19.5. The molecule has 0 radical (unpaired) electrons. The Bertz CT molecular complexity index is 999. The van der Waals surface area contributed by atoms with Crippen LogP contribution < -0.4 is 10.2 Å². The molecule has 8 nitrogen and oxygen atoms in total. The Morgan fingerprint density at radius 1 is 1.11 bits per heavy atom. The molecule has 1 aliphatic heterocycles. The van der Waals surface area contributed by atoms with Crippen LogP contribution in [0.25, 0.3) is 11.0 Å². The predicted octanol–water partition coefficient (Wildman–Crippen LogP) is 1.33. The van der Waals surface area contributed by atoms with Crippen LogP contribution in [-0.2, 0) is 16.1 Å². The molecule has 0 saturated carbocycles. The van der Waals surface area contributed by atoms with Gasteiger partial charge in [-0.15, -0.1) is 0 Å². The van der Waals surface area contributed by atoms with Gasteiger partial charge < -0.3 is 19.6 Å². The van der Waals surface area contributed by atoms with Crippen LogP contribution in [0.1, 0.15) is 5.69 Å². The molecule has 1 aliphatic rings. The number of amides is 2. The van der Waals surface area contributed by atoms with Crippen molar-refractivity contribution in [2.75, 3.05) is 31.1 Å². The average molecular weight is 383 g/mol. The highest BCUT2D eigenvalue weighted by molar-refractivity contribution is 6.35. The molecule has 28 heavy (non-hydrogen) atoms. The Morgan fingerprint density at radius 3 is 2.61 bits per heavy atom. The highest BCUT2D eigenvalue weighted by Gasteiger charge is 2.26. The first-order chi connectivity index (χ1) is 13.6. The number of hydrogen-bond acceptors (Lipinski definition) is 6. The molecular weight excluding hydrogens is 365 g/mol. The molecule has 0 spiro atoms. The third-order valence-corrected chi connectivity index (χ3v) is 4.71. The maximum Gasteiger partial charge on any atom is 0.312 e. The van der Waals surface area contributed by atoms with Gasteiger partial charge in [-0.1, -0.05) is 5.16 Å². The molecule has 3 heterocycles. The average Bonchev–Trinajstić information content (AvgIpc) is 3.14. The minimum atomic E-state index is -0.698. The van der Waals surface area contributed by atoms with E-state index in [0.29, 0.717) is 42.8 Å². The number of fused-ring (bicyclic) bond motifs is 1. The number of aromatic nitrogens is 2. The largest absolute Gasteiger partial charge is 0.368 e. The number of anilines is 1. The number of nitrogens with zero attached hydrogens (tertiary/aromatic N) is 4. The van der Waals surface area contributed by atoms with Crippen molar-refractivity contribution in [3.05, 3.63) is 54.2 Å². The van der Waals surface area contributed by atoms with Crippen LogP contribution in [0.15, 0.2) is 47.2 Å². The van der Waals surface area contributed by atoms with Crippen molar-refractivity contribution in [2.45, 2.75) is 6.54 Å². The van der Waals surface area contributed by atoms with Crippen molar-refractivity contribution in [3.63, 3.8) is 0 Å². The molecule has 1 saturated heterocycles. The second kappa shape index (κ2) is 7.63. The number of pyridine rings is 1. The van der Waals surface area contributed by atoms with Crippen LogP contribution in [0.3, 0.4) is 0 Å². The summed E-state index contributed by atoms with van der Waals surface area (Å²) in [6, 6.07) is 7.87. The Labute approximate surface area is 159 Å². The van der Waals surface area contributed by atoms with E-state index in [1.165, 1.54) is 23.1 Å². The van der Waals surface area contributed by atoms with Crippen LogP contribution in [0, 0.1) is 5.82 Å². The Balaban J connectivity index is 1.32. The van der Waals surface area contributed by atoms with Crippen molar-refractivity contribution < 1.29 is 18.5 Å². The van der Waals surface area contributed by atoms with Gasteiger partial charge >= 0.3 is 11.8 Å². The first-order valence-corrected chi connectivity index (χ1v) is 8.88. The molecule has 0 atom stereocenters. The number of carbonyl (C=O) groups is 2. The van der Waals surface area contributed by atoms with Crippen molar-refractivity contribution in [3.8, 4) is 0 Å². The highest BCUT2D eigenvalue weighted by Crippen LogP contribution is 2.19. The number of nitrogens with one attached hydrogen (secondary N) is 1. The third kappa shape index (κ3) is 3.64. The van der Waals surface area contributed by atoms with Gasteiger partial charge in [-0.05, 0) is 24.3 Å². The number of carbonyl (C=O) groups excluding carboxylic acids is 2. The maximum atomic E-state index is 13.2. The Morgan fingerprint density at radius 2 is 1.86 bits per heavy atom. The monoisotopic (exact) mass is 383 g/mol. The fourth-order valence-corrected chi connectivity index (χ4v) is 3.20. The third-order valence-electron chi connectivity index (χ3n) is 4.71. The van der Waals surface area contributed by atoms with Gasteiger partial charge in [0.25, 0.3) is 0 Å². The van der Waals surface area contributed by atoms with E-state index in [4.69, 9.17) is 4.52 Å². The molecule has 2 aromatic heterocycles. The summed E-state index contributed by atoms with van der Waals surface area (Å²) in [5.41, 5.74) is 1.78. The normalized spacial score (nSPS) is 14.3. The lowest BCUT2D eigenvalue weighted by molar-refractivity contribution is -0.146.